The summed E-state index contributed by atoms with van der Waals surface area (Å²) in [4.78, 5) is 21.8. The number of benzene rings is 1. The summed E-state index contributed by atoms with van der Waals surface area (Å²) in [6, 6.07) is 11.9. The van der Waals surface area contributed by atoms with Gasteiger partial charge in [0.15, 0.2) is 0 Å². The summed E-state index contributed by atoms with van der Waals surface area (Å²) in [5.74, 6) is -0.157. The second-order valence-corrected chi connectivity index (χ2v) is 6.54. The Morgan fingerprint density at radius 2 is 1.91 bits per heavy atom. The van der Waals surface area contributed by atoms with E-state index in [9.17, 15) is 4.79 Å². The van der Waals surface area contributed by atoms with Crippen LogP contribution in [0.3, 0.4) is 0 Å². The maximum absolute atomic E-state index is 12.2. The summed E-state index contributed by atoms with van der Waals surface area (Å²) in [5.41, 5.74) is 2.49. The van der Waals surface area contributed by atoms with E-state index >= 15 is 0 Å². The third kappa shape index (κ3) is 3.97. The SMILES string of the molecule is CSc1ccc(CNC(=O)c2csc(-c3ccncc3)n2)cc1. The maximum atomic E-state index is 12.2. The first kappa shape index (κ1) is 15.7. The number of pyridine rings is 1. The zero-order valence-corrected chi connectivity index (χ0v) is 14.2. The van der Waals surface area contributed by atoms with Gasteiger partial charge in [-0.1, -0.05) is 12.1 Å². The number of thiazole rings is 1. The van der Waals surface area contributed by atoms with Crippen molar-refractivity contribution in [3.8, 4) is 10.6 Å². The summed E-state index contributed by atoms with van der Waals surface area (Å²) < 4.78 is 0. The number of aromatic nitrogens is 2. The quantitative estimate of drug-likeness (QED) is 0.716. The molecular formula is C17H15N3OS2. The van der Waals surface area contributed by atoms with Gasteiger partial charge in [-0.15, -0.1) is 23.1 Å². The minimum Gasteiger partial charge on any atom is -0.347 e. The number of thioether (sulfide) groups is 1. The molecule has 0 radical (unpaired) electrons. The number of nitrogens with one attached hydrogen (secondary N) is 1. The van der Waals surface area contributed by atoms with E-state index in [-0.39, 0.29) is 5.91 Å². The zero-order valence-electron chi connectivity index (χ0n) is 12.5. The molecule has 4 nitrogen and oxygen atoms in total. The second-order valence-electron chi connectivity index (χ2n) is 4.80. The molecule has 0 bridgehead atoms. The molecule has 23 heavy (non-hydrogen) atoms. The van der Waals surface area contributed by atoms with Crippen molar-refractivity contribution < 1.29 is 4.79 Å². The number of amides is 1. The van der Waals surface area contributed by atoms with Crippen LogP contribution in [0.5, 0.6) is 0 Å². The summed E-state index contributed by atoms with van der Waals surface area (Å²) in [5, 5.41) is 5.50. The van der Waals surface area contributed by atoms with Gasteiger partial charge in [0, 0.05) is 34.8 Å². The highest BCUT2D eigenvalue weighted by Gasteiger charge is 2.11. The van der Waals surface area contributed by atoms with Crippen molar-refractivity contribution in [2.75, 3.05) is 6.26 Å². The van der Waals surface area contributed by atoms with E-state index in [1.807, 2.05) is 30.5 Å². The number of nitrogens with zero attached hydrogens (tertiary/aromatic N) is 2. The van der Waals surface area contributed by atoms with Crippen molar-refractivity contribution in [3.05, 3.63) is 65.4 Å². The predicted octanol–water partition coefficient (Wildman–Crippen LogP) is 3.86. The van der Waals surface area contributed by atoms with Crippen molar-refractivity contribution in [2.45, 2.75) is 11.4 Å². The van der Waals surface area contributed by atoms with Gasteiger partial charge < -0.3 is 5.32 Å². The van der Waals surface area contributed by atoms with Crippen LogP contribution in [0, 0.1) is 0 Å². The molecule has 1 amide bonds. The largest absolute Gasteiger partial charge is 0.347 e. The fourth-order valence-corrected chi connectivity index (χ4v) is 3.24. The Balaban J connectivity index is 1.63. The summed E-state index contributed by atoms with van der Waals surface area (Å²) >= 11 is 3.15. The minimum absolute atomic E-state index is 0.157. The van der Waals surface area contributed by atoms with Crippen molar-refractivity contribution in [3.63, 3.8) is 0 Å². The van der Waals surface area contributed by atoms with Crippen LogP contribution in [-0.2, 0) is 6.54 Å². The molecule has 0 spiro atoms. The lowest BCUT2D eigenvalue weighted by Gasteiger charge is -2.04. The number of hydrogen-bond donors (Lipinski definition) is 1. The van der Waals surface area contributed by atoms with E-state index in [0.29, 0.717) is 12.2 Å². The number of hydrogen-bond acceptors (Lipinski definition) is 5. The van der Waals surface area contributed by atoms with Crippen molar-refractivity contribution >= 4 is 29.0 Å². The molecule has 0 atom stereocenters. The molecule has 3 rings (SSSR count). The second kappa shape index (κ2) is 7.39. The van der Waals surface area contributed by atoms with Gasteiger partial charge in [0.25, 0.3) is 5.91 Å². The summed E-state index contributed by atoms with van der Waals surface area (Å²) in [6.07, 6.45) is 5.48. The van der Waals surface area contributed by atoms with Gasteiger partial charge in [-0.2, -0.15) is 0 Å². The van der Waals surface area contributed by atoms with Crippen LogP contribution < -0.4 is 5.32 Å². The summed E-state index contributed by atoms with van der Waals surface area (Å²) in [6.45, 7) is 0.496. The first-order valence-electron chi connectivity index (χ1n) is 7.03. The highest BCUT2D eigenvalue weighted by Crippen LogP contribution is 2.22. The van der Waals surface area contributed by atoms with Crippen LogP contribution in [0.25, 0.3) is 10.6 Å². The Kier molecular flexibility index (Phi) is 5.05. The van der Waals surface area contributed by atoms with Crippen molar-refractivity contribution in [1.29, 1.82) is 0 Å². The molecule has 3 aromatic rings. The first-order chi connectivity index (χ1) is 11.3. The van der Waals surface area contributed by atoms with Gasteiger partial charge >= 0.3 is 0 Å². The minimum atomic E-state index is -0.157. The molecule has 116 valence electrons. The third-order valence-corrected chi connectivity index (χ3v) is 4.91. The Labute approximate surface area is 143 Å². The van der Waals surface area contributed by atoms with E-state index in [4.69, 9.17) is 0 Å². The molecule has 1 aromatic carbocycles. The van der Waals surface area contributed by atoms with E-state index < -0.39 is 0 Å². The molecular weight excluding hydrogens is 326 g/mol. The van der Waals surface area contributed by atoms with Crippen molar-refractivity contribution in [1.82, 2.24) is 15.3 Å². The maximum Gasteiger partial charge on any atom is 0.271 e. The number of rotatable bonds is 5. The Hall–Kier alpha value is -2.18. The lowest BCUT2D eigenvalue weighted by atomic mass is 10.2. The molecule has 0 aliphatic heterocycles. The molecule has 1 N–H and O–H groups in total. The van der Waals surface area contributed by atoms with Gasteiger partial charge in [-0.3, -0.25) is 9.78 Å². The third-order valence-electron chi connectivity index (χ3n) is 3.28. The molecule has 0 fully saturated rings. The molecule has 0 aliphatic rings. The fourth-order valence-electron chi connectivity index (χ4n) is 2.02. The highest BCUT2D eigenvalue weighted by atomic mass is 32.2. The number of carbonyl (C=O) groups is 1. The molecule has 0 aliphatic carbocycles. The normalized spacial score (nSPS) is 10.5. The fraction of sp³-hybridized carbons (Fsp3) is 0.118. The number of carbonyl (C=O) groups excluding carboxylic acids is 1. The Bertz CT molecular complexity index is 785. The highest BCUT2D eigenvalue weighted by molar-refractivity contribution is 7.98. The predicted molar refractivity (Wildman–Crippen MR) is 94.7 cm³/mol. The Morgan fingerprint density at radius 1 is 1.17 bits per heavy atom. The van der Waals surface area contributed by atoms with Crippen LogP contribution in [0.2, 0.25) is 0 Å². The van der Waals surface area contributed by atoms with E-state index in [0.717, 1.165) is 16.1 Å². The van der Waals surface area contributed by atoms with E-state index in [1.165, 1.54) is 16.2 Å². The molecule has 0 saturated carbocycles. The van der Waals surface area contributed by atoms with Gasteiger partial charge in [0.2, 0.25) is 0 Å². The molecule has 2 aromatic heterocycles. The van der Waals surface area contributed by atoms with Gasteiger partial charge in [0.05, 0.1) is 0 Å². The molecule has 0 unspecified atom stereocenters. The zero-order chi connectivity index (χ0) is 16.1. The lowest BCUT2D eigenvalue weighted by molar-refractivity contribution is 0.0946. The van der Waals surface area contributed by atoms with Crippen LogP contribution in [0.15, 0.2) is 59.1 Å². The first-order valence-corrected chi connectivity index (χ1v) is 9.14. The van der Waals surface area contributed by atoms with E-state index in [2.05, 4.69) is 27.4 Å². The van der Waals surface area contributed by atoms with Gasteiger partial charge in [0.1, 0.15) is 10.7 Å². The van der Waals surface area contributed by atoms with Gasteiger partial charge in [-0.05, 0) is 36.1 Å². The standard InChI is InChI=1S/C17H15N3OS2/c1-22-14-4-2-12(3-5-14)10-19-16(21)15-11-23-17(20-15)13-6-8-18-9-7-13/h2-9,11H,10H2,1H3,(H,19,21). The molecule has 2 heterocycles. The topological polar surface area (TPSA) is 54.9 Å². The van der Waals surface area contributed by atoms with Gasteiger partial charge in [-0.25, -0.2) is 4.98 Å². The van der Waals surface area contributed by atoms with Crippen LogP contribution in [0.4, 0.5) is 0 Å². The van der Waals surface area contributed by atoms with Crippen LogP contribution in [0.1, 0.15) is 16.1 Å². The average molecular weight is 341 g/mol. The van der Waals surface area contributed by atoms with E-state index in [1.54, 1.807) is 29.5 Å². The Morgan fingerprint density at radius 3 is 2.61 bits per heavy atom. The monoisotopic (exact) mass is 341 g/mol. The molecule has 6 heteroatoms. The lowest BCUT2D eigenvalue weighted by Crippen LogP contribution is -2.23. The van der Waals surface area contributed by atoms with Crippen molar-refractivity contribution in [2.24, 2.45) is 0 Å². The van der Waals surface area contributed by atoms with Crippen LogP contribution in [-0.4, -0.2) is 22.1 Å². The molecule has 0 saturated heterocycles. The van der Waals surface area contributed by atoms with Crippen LogP contribution >= 0.6 is 23.1 Å². The average Bonchev–Trinajstić information content (AvgIpc) is 3.11. The smallest absolute Gasteiger partial charge is 0.271 e. The summed E-state index contributed by atoms with van der Waals surface area (Å²) in [7, 11) is 0.